The monoisotopic (exact) mass is 342 g/mol. The number of aliphatic hydroxyl groups excluding tert-OH is 1. The molecule has 108 valence electrons. The Morgan fingerprint density at radius 2 is 1.75 bits per heavy atom. The predicted molar refractivity (Wildman–Crippen MR) is 71.5 cm³/mol. The molecule has 0 spiro atoms. The summed E-state index contributed by atoms with van der Waals surface area (Å²) in [5.74, 6) is -0.358. The summed E-state index contributed by atoms with van der Waals surface area (Å²) in [6.45, 7) is 0. The molecule has 1 unspecified atom stereocenters. The average Bonchev–Trinajstić information content (AvgIpc) is 2.66. The van der Waals surface area contributed by atoms with Gasteiger partial charge in [0.1, 0.15) is 16.2 Å². The van der Waals surface area contributed by atoms with Gasteiger partial charge in [-0.25, -0.2) is 0 Å². The van der Waals surface area contributed by atoms with Gasteiger partial charge >= 0.3 is 6.36 Å². The zero-order chi connectivity index (χ0) is 14.9. The average molecular weight is 343 g/mol. The van der Waals surface area contributed by atoms with E-state index in [1.807, 2.05) is 0 Å². The number of alkyl halides is 3. The van der Waals surface area contributed by atoms with Crippen molar-refractivity contribution in [1.82, 2.24) is 0 Å². The molecule has 2 aromatic rings. The second-order valence-electron chi connectivity index (χ2n) is 3.80. The van der Waals surface area contributed by atoms with Gasteiger partial charge in [0.2, 0.25) is 0 Å². The Morgan fingerprint density at radius 1 is 1.15 bits per heavy atom. The lowest BCUT2D eigenvalue weighted by Gasteiger charge is -2.12. The Balaban J connectivity index is 2.19. The van der Waals surface area contributed by atoms with Crippen LogP contribution in [0.3, 0.4) is 0 Å². The largest absolute Gasteiger partial charge is 0.573 e. The highest BCUT2D eigenvalue weighted by Crippen LogP contribution is 2.37. The van der Waals surface area contributed by atoms with E-state index < -0.39 is 12.5 Å². The van der Waals surface area contributed by atoms with Gasteiger partial charge in [0, 0.05) is 5.56 Å². The van der Waals surface area contributed by atoms with Crippen LogP contribution in [0.2, 0.25) is 8.67 Å². The molecule has 20 heavy (non-hydrogen) atoms. The van der Waals surface area contributed by atoms with Crippen molar-refractivity contribution >= 4 is 34.5 Å². The second kappa shape index (κ2) is 5.81. The summed E-state index contributed by atoms with van der Waals surface area (Å²) in [5, 5.41) is 10.1. The molecule has 1 atom stereocenters. The van der Waals surface area contributed by atoms with Gasteiger partial charge < -0.3 is 9.84 Å². The molecule has 0 radical (unpaired) electrons. The lowest BCUT2D eigenvalue weighted by Crippen LogP contribution is -2.17. The van der Waals surface area contributed by atoms with E-state index in [1.54, 1.807) is 0 Å². The van der Waals surface area contributed by atoms with Gasteiger partial charge in [-0.15, -0.1) is 24.5 Å². The molecule has 0 aliphatic rings. The van der Waals surface area contributed by atoms with Gasteiger partial charge in [-0.1, -0.05) is 35.3 Å². The Morgan fingerprint density at radius 3 is 2.20 bits per heavy atom. The molecular formula is C12H7Cl2F3O2S. The van der Waals surface area contributed by atoms with Crippen molar-refractivity contribution in [2.45, 2.75) is 12.5 Å². The molecule has 0 aliphatic heterocycles. The van der Waals surface area contributed by atoms with Crippen molar-refractivity contribution in [3.8, 4) is 5.75 Å². The number of rotatable bonds is 3. The fourth-order valence-electron chi connectivity index (χ4n) is 1.57. The van der Waals surface area contributed by atoms with Crippen LogP contribution in [0.5, 0.6) is 5.75 Å². The molecule has 1 aromatic carbocycles. The summed E-state index contributed by atoms with van der Waals surface area (Å²) in [6.07, 6.45) is -5.81. The van der Waals surface area contributed by atoms with E-state index in [4.69, 9.17) is 23.2 Å². The van der Waals surface area contributed by atoms with E-state index in [1.165, 1.54) is 18.2 Å². The molecule has 2 rings (SSSR count). The van der Waals surface area contributed by atoms with E-state index in [2.05, 4.69) is 4.74 Å². The molecule has 0 bridgehead atoms. The van der Waals surface area contributed by atoms with Crippen molar-refractivity contribution in [2.24, 2.45) is 0 Å². The topological polar surface area (TPSA) is 29.5 Å². The van der Waals surface area contributed by atoms with Gasteiger partial charge in [0.15, 0.2) is 0 Å². The number of ether oxygens (including phenoxy) is 1. The molecule has 0 amide bonds. The molecule has 1 N–H and O–H groups in total. The Kier molecular flexibility index (Phi) is 4.49. The van der Waals surface area contributed by atoms with Crippen molar-refractivity contribution in [2.75, 3.05) is 0 Å². The minimum absolute atomic E-state index is 0.332. The lowest BCUT2D eigenvalue weighted by molar-refractivity contribution is -0.274. The third kappa shape index (κ3) is 3.79. The Labute approximate surface area is 126 Å². The van der Waals surface area contributed by atoms with Crippen LogP contribution in [0.25, 0.3) is 0 Å². The summed E-state index contributed by atoms with van der Waals surface area (Å²) in [4.78, 5) is 0. The van der Waals surface area contributed by atoms with Crippen LogP contribution in [0, 0.1) is 0 Å². The van der Waals surface area contributed by atoms with Crippen molar-refractivity contribution in [3.63, 3.8) is 0 Å². The first kappa shape index (κ1) is 15.4. The first-order valence-electron chi connectivity index (χ1n) is 5.25. The summed E-state index contributed by atoms with van der Waals surface area (Å²) in [7, 11) is 0. The zero-order valence-corrected chi connectivity index (χ0v) is 11.9. The number of halogens is 5. The van der Waals surface area contributed by atoms with Gasteiger partial charge in [0.05, 0.1) is 4.34 Å². The summed E-state index contributed by atoms with van der Waals surface area (Å²) in [5.41, 5.74) is 0.794. The molecule has 0 saturated heterocycles. The summed E-state index contributed by atoms with van der Waals surface area (Å²) < 4.78 is 40.5. The van der Waals surface area contributed by atoms with E-state index in [9.17, 15) is 18.3 Å². The highest BCUT2D eigenvalue weighted by atomic mass is 35.5. The van der Waals surface area contributed by atoms with Crippen LogP contribution in [-0.4, -0.2) is 11.5 Å². The normalized spacial score (nSPS) is 13.3. The minimum atomic E-state index is -4.75. The van der Waals surface area contributed by atoms with Gasteiger partial charge in [0.25, 0.3) is 0 Å². The molecule has 1 heterocycles. The molecule has 0 aliphatic carbocycles. The maximum absolute atomic E-state index is 12.0. The third-order valence-corrected chi connectivity index (χ3v) is 3.93. The first-order chi connectivity index (χ1) is 9.26. The Hall–Kier alpha value is -0.950. The van der Waals surface area contributed by atoms with Crippen molar-refractivity contribution in [3.05, 3.63) is 50.1 Å². The van der Waals surface area contributed by atoms with Crippen LogP contribution >= 0.6 is 34.5 Å². The number of thiophene rings is 1. The minimum Gasteiger partial charge on any atom is -0.406 e. The molecule has 0 saturated carbocycles. The maximum Gasteiger partial charge on any atom is 0.573 e. The van der Waals surface area contributed by atoms with Gasteiger partial charge in [-0.3, -0.25) is 0 Å². The fourth-order valence-corrected chi connectivity index (χ4v) is 3.09. The SMILES string of the molecule is OC(c1ccc(OC(F)(F)F)cc1)c1cc(Cl)sc1Cl. The molecule has 2 nitrogen and oxygen atoms in total. The van der Waals surface area contributed by atoms with Crippen LogP contribution in [0.15, 0.2) is 30.3 Å². The van der Waals surface area contributed by atoms with E-state index in [0.29, 0.717) is 19.8 Å². The summed E-state index contributed by atoms with van der Waals surface area (Å²) in [6, 6.07) is 6.41. The standard InChI is InChI=1S/C12H7Cl2F3O2S/c13-9-5-8(11(14)20-9)10(18)6-1-3-7(4-2-6)19-12(15,16)17/h1-5,10,18H. The maximum atomic E-state index is 12.0. The van der Waals surface area contributed by atoms with E-state index >= 15 is 0 Å². The predicted octanol–water partition coefficient (Wildman–Crippen LogP) is 5.04. The Bertz CT molecular complexity index is 596. The van der Waals surface area contributed by atoms with Gasteiger partial charge in [-0.2, -0.15) is 0 Å². The number of hydrogen-bond acceptors (Lipinski definition) is 3. The van der Waals surface area contributed by atoms with Crippen LogP contribution < -0.4 is 4.74 Å². The zero-order valence-electron chi connectivity index (χ0n) is 9.62. The van der Waals surface area contributed by atoms with E-state index in [-0.39, 0.29) is 5.75 Å². The quantitative estimate of drug-likeness (QED) is 0.847. The molecule has 0 fully saturated rings. The van der Waals surface area contributed by atoms with Crippen LogP contribution in [0.4, 0.5) is 13.2 Å². The highest BCUT2D eigenvalue weighted by molar-refractivity contribution is 7.20. The van der Waals surface area contributed by atoms with Crippen molar-refractivity contribution in [1.29, 1.82) is 0 Å². The molecule has 1 aromatic heterocycles. The summed E-state index contributed by atoms with van der Waals surface area (Å²) >= 11 is 12.8. The van der Waals surface area contributed by atoms with E-state index in [0.717, 1.165) is 23.5 Å². The number of benzene rings is 1. The number of hydrogen-bond donors (Lipinski definition) is 1. The fraction of sp³-hybridized carbons (Fsp3) is 0.167. The molecule has 8 heteroatoms. The third-order valence-electron chi connectivity index (χ3n) is 2.41. The smallest absolute Gasteiger partial charge is 0.406 e. The van der Waals surface area contributed by atoms with Crippen molar-refractivity contribution < 1.29 is 23.0 Å². The van der Waals surface area contributed by atoms with Crippen LogP contribution in [0.1, 0.15) is 17.2 Å². The molecular weight excluding hydrogens is 336 g/mol. The van der Waals surface area contributed by atoms with Gasteiger partial charge in [-0.05, 0) is 23.8 Å². The lowest BCUT2D eigenvalue weighted by atomic mass is 10.0. The second-order valence-corrected chi connectivity index (χ2v) is 6.08. The first-order valence-corrected chi connectivity index (χ1v) is 6.82. The number of aliphatic hydroxyl groups is 1. The van der Waals surface area contributed by atoms with Crippen LogP contribution in [-0.2, 0) is 0 Å². The highest BCUT2D eigenvalue weighted by Gasteiger charge is 2.31.